The number of aromatic hydroxyl groups is 1. The summed E-state index contributed by atoms with van der Waals surface area (Å²) in [7, 11) is 0. The number of phenolic OH excluding ortho intramolecular Hbond substituents is 1. The molecule has 0 radical (unpaired) electrons. The molecule has 1 heterocycles. The number of nitrogens with two attached hydrogens (primary N) is 1. The Morgan fingerprint density at radius 2 is 1.69 bits per heavy atom. The molecule has 0 bridgehead atoms. The van der Waals surface area contributed by atoms with Crippen molar-refractivity contribution in [3.8, 4) is 5.75 Å². The maximum atomic E-state index is 12.8. The third kappa shape index (κ3) is 5.64. The molecule has 0 saturated heterocycles. The number of aromatic amines is 1. The molecule has 3 aromatic rings. The second-order valence-electron chi connectivity index (χ2n) is 7.67. The smallest absolute Gasteiger partial charge is 0.325 e. The summed E-state index contributed by atoms with van der Waals surface area (Å²) >= 11 is 0. The number of fused-ring (bicyclic) bond motifs is 1. The summed E-state index contributed by atoms with van der Waals surface area (Å²) in [4.78, 5) is 39.7. The minimum absolute atomic E-state index is 0.0686. The van der Waals surface area contributed by atoms with Crippen LogP contribution in [-0.2, 0) is 27.2 Å². The van der Waals surface area contributed by atoms with Crippen molar-refractivity contribution in [1.29, 1.82) is 0 Å². The van der Waals surface area contributed by atoms with Crippen molar-refractivity contribution in [1.82, 2.24) is 15.6 Å². The van der Waals surface area contributed by atoms with Crippen molar-refractivity contribution in [3.63, 3.8) is 0 Å². The van der Waals surface area contributed by atoms with E-state index in [1.54, 1.807) is 18.3 Å². The number of carboxylic acid groups (broad SMARTS) is 1. The Balaban J connectivity index is 1.72. The molecule has 0 spiro atoms. The average Bonchev–Trinajstić information content (AvgIpc) is 3.17. The lowest BCUT2D eigenvalue weighted by molar-refractivity contribution is -0.141. The van der Waals surface area contributed by atoms with Crippen LogP contribution < -0.4 is 16.4 Å². The van der Waals surface area contributed by atoms with Gasteiger partial charge in [0.15, 0.2) is 0 Å². The van der Waals surface area contributed by atoms with Crippen LogP contribution in [-0.4, -0.2) is 51.1 Å². The molecule has 168 valence electrons. The number of phenols is 1. The zero-order valence-electron chi connectivity index (χ0n) is 17.5. The molecule has 7 N–H and O–H groups in total. The molecule has 3 rings (SSSR count). The van der Waals surface area contributed by atoms with E-state index in [-0.39, 0.29) is 18.6 Å². The van der Waals surface area contributed by atoms with Crippen LogP contribution >= 0.6 is 0 Å². The number of aliphatic carboxylic acids is 1. The predicted octanol–water partition coefficient (Wildman–Crippen LogP) is 1.06. The van der Waals surface area contributed by atoms with E-state index in [1.165, 1.54) is 19.1 Å². The highest BCUT2D eigenvalue weighted by atomic mass is 16.4. The Morgan fingerprint density at radius 3 is 2.38 bits per heavy atom. The van der Waals surface area contributed by atoms with E-state index in [4.69, 9.17) is 10.8 Å². The summed E-state index contributed by atoms with van der Waals surface area (Å²) in [5, 5.41) is 24.5. The van der Waals surface area contributed by atoms with E-state index < -0.39 is 35.9 Å². The Bertz CT molecular complexity index is 1110. The minimum atomic E-state index is -1.19. The van der Waals surface area contributed by atoms with Crippen molar-refractivity contribution >= 4 is 28.7 Å². The molecule has 2 amide bonds. The van der Waals surface area contributed by atoms with E-state index in [0.717, 1.165) is 16.5 Å². The highest BCUT2D eigenvalue weighted by molar-refractivity contribution is 5.92. The standard InChI is InChI=1S/C23H26N4O5/c1-13(23(31)32)26-22(30)20(10-14-6-8-16(28)9-7-14)27-21(29)18(24)11-15-12-25-19-5-3-2-4-17(15)19/h2-9,12-13,18,20,25,28H,10-11,24H2,1H3,(H,26,30)(H,27,29)(H,31,32)/t13-,18-,20-/m0/s1. The largest absolute Gasteiger partial charge is 0.508 e. The molecule has 0 saturated carbocycles. The number of carboxylic acids is 1. The molecule has 0 aliphatic heterocycles. The number of hydrogen-bond donors (Lipinski definition) is 6. The molecule has 0 aliphatic carbocycles. The second-order valence-corrected chi connectivity index (χ2v) is 7.67. The zero-order valence-corrected chi connectivity index (χ0v) is 17.5. The fourth-order valence-electron chi connectivity index (χ4n) is 3.36. The number of benzene rings is 2. The van der Waals surface area contributed by atoms with Crippen LogP contribution in [0.5, 0.6) is 5.75 Å². The summed E-state index contributed by atoms with van der Waals surface area (Å²) in [6, 6.07) is 10.7. The van der Waals surface area contributed by atoms with Gasteiger partial charge in [0.1, 0.15) is 17.8 Å². The van der Waals surface area contributed by atoms with Crippen LogP contribution in [0, 0.1) is 0 Å². The summed E-state index contributed by atoms with van der Waals surface area (Å²) in [5.41, 5.74) is 8.61. The number of rotatable bonds is 9. The lowest BCUT2D eigenvalue weighted by Gasteiger charge is -2.22. The van der Waals surface area contributed by atoms with Gasteiger partial charge >= 0.3 is 5.97 Å². The first-order valence-corrected chi connectivity index (χ1v) is 10.2. The molecule has 32 heavy (non-hydrogen) atoms. The van der Waals surface area contributed by atoms with E-state index >= 15 is 0 Å². The number of carbonyl (C=O) groups excluding carboxylic acids is 2. The molecule has 3 atom stereocenters. The maximum absolute atomic E-state index is 12.8. The lowest BCUT2D eigenvalue weighted by atomic mass is 10.0. The monoisotopic (exact) mass is 438 g/mol. The highest BCUT2D eigenvalue weighted by Gasteiger charge is 2.27. The summed E-state index contributed by atoms with van der Waals surface area (Å²) in [6.45, 7) is 1.34. The van der Waals surface area contributed by atoms with Gasteiger partial charge in [-0.05, 0) is 42.7 Å². The molecule has 9 nitrogen and oxygen atoms in total. The molecule has 0 fully saturated rings. The number of nitrogens with one attached hydrogen (secondary N) is 3. The van der Waals surface area contributed by atoms with Crippen LogP contribution in [0.3, 0.4) is 0 Å². The normalized spacial score (nSPS) is 13.8. The summed E-state index contributed by atoms with van der Waals surface area (Å²) in [5.74, 6) is -2.29. The second kappa shape index (κ2) is 9.97. The van der Waals surface area contributed by atoms with Gasteiger partial charge in [-0.2, -0.15) is 0 Å². The third-order valence-corrected chi connectivity index (χ3v) is 5.19. The summed E-state index contributed by atoms with van der Waals surface area (Å²) < 4.78 is 0. The van der Waals surface area contributed by atoms with Crippen molar-refractivity contribution < 1.29 is 24.6 Å². The molecule has 9 heteroatoms. The fraction of sp³-hybridized carbons (Fsp3) is 0.261. The van der Waals surface area contributed by atoms with Gasteiger partial charge in [0.25, 0.3) is 0 Å². The lowest BCUT2D eigenvalue weighted by Crippen LogP contribution is -2.55. The predicted molar refractivity (Wildman–Crippen MR) is 119 cm³/mol. The quantitative estimate of drug-likeness (QED) is 0.293. The van der Waals surface area contributed by atoms with Gasteiger partial charge in [0.05, 0.1) is 6.04 Å². The Morgan fingerprint density at radius 1 is 1.00 bits per heavy atom. The SMILES string of the molecule is C[C@H](NC(=O)[C@H](Cc1ccc(O)cc1)NC(=O)[C@@H](N)Cc1c[nH]c2ccccc12)C(=O)O. The van der Waals surface area contributed by atoms with E-state index in [0.29, 0.717) is 5.56 Å². The average molecular weight is 438 g/mol. The van der Waals surface area contributed by atoms with Gasteiger partial charge in [-0.1, -0.05) is 30.3 Å². The van der Waals surface area contributed by atoms with Gasteiger partial charge in [0.2, 0.25) is 11.8 Å². The maximum Gasteiger partial charge on any atom is 0.325 e. The fourth-order valence-corrected chi connectivity index (χ4v) is 3.36. The molecular formula is C23H26N4O5. The van der Waals surface area contributed by atoms with E-state index in [9.17, 15) is 19.5 Å². The number of H-pyrrole nitrogens is 1. The Kier molecular flexibility index (Phi) is 7.11. The minimum Gasteiger partial charge on any atom is -0.508 e. The van der Waals surface area contributed by atoms with Gasteiger partial charge in [-0.3, -0.25) is 14.4 Å². The van der Waals surface area contributed by atoms with Crippen LogP contribution in [0.25, 0.3) is 10.9 Å². The van der Waals surface area contributed by atoms with Crippen molar-refractivity contribution in [2.75, 3.05) is 0 Å². The molecule has 0 unspecified atom stereocenters. The number of carbonyl (C=O) groups is 3. The van der Waals surface area contributed by atoms with Gasteiger partial charge < -0.3 is 31.6 Å². The summed E-state index contributed by atoms with van der Waals surface area (Å²) in [6.07, 6.45) is 2.16. The van der Waals surface area contributed by atoms with Crippen molar-refractivity contribution in [3.05, 3.63) is 65.9 Å². The van der Waals surface area contributed by atoms with Crippen molar-refractivity contribution in [2.24, 2.45) is 5.73 Å². The van der Waals surface area contributed by atoms with E-state index in [2.05, 4.69) is 15.6 Å². The first-order chi connectivity index (χ1) is 15.2. The van der Waals surface area contributed by atoms with Crippen molar-refractivity contribution in [2.45, 2.75) is 37.9 Å². The van der Waals surface area contributed by atoms with Crippen LogP contribution in [0.2, 0.25) is 0 Å². The number of amides is 2. The number of para-hydroxylation sites is 1. The molecule has 0 aliphatic rings. The van der Waals surface area contributed by atoms with E-state index in [1.807, 2.05) is 24.3 Å². The first-order valence-electron chi connectivity index (χ1n) is 10.2. The Labute approximate surface area is 184 Å². The third-order valence-electron chi connectivity index (χ3n) is 5.19. The van der Waals surface area contributed by atoms with Crippen LogP contribution in [0.1, 0.15) is 18.1 Å². The number of aromatic nitrogens is 1. The van der Waals surface area contributed by atoms with Gasteiger partial charge in [-0.15, -0.1) is 0 Å². The van der Waals surface area contributed by atoms with Gasteiger partial charge in [-0.25, -0.2) is 0 Å². The topological polar surface area (TPSA) is 158 Å². The van der Waals surface area contributed by atoms with Crippen LogP contribution in [0.15, 0.2) is 54.7 Å². The highest BCUT2D eigenvalue weighted by Crippen LogP contribution is 2.19. The molecule has 2 aromatic carbocycles. The zero-order chi connectivity index (χ0) is 23.3. The van der Waals surface area contributed by atoms with Gasteiger partial charge in [0, 0.05) is 23.5 Å². The first kappa shape index (κ1) is 22.8. The Hall–Kier alpha value is -3.85. The number of hydrogen-bond acceptors (Lipinski definition) is 5. The van der Waals surface area contributed by atoms with Crippen LogP contribution in [0.4, 0.5) is 0 Å². The molecule has 1 aromatic heterocycles. The molecular weight excluding hydrogens is 412 g/mol.